The fraction of sp³-hybridized carbons (Fsp3) is 0.480. The summed E-state index contributed by atoms with van der Waals surface area (Å²) in [5, 5.41) is 0. The number of hydrogen-bond donors (Lipinski definition) is 0. The standard InChI is InChI=1S/C25H34N2O4/c1-19-6-8-20(9-7-19)18-26-12-5-13-27(15-14-26)24(28)11-10-21-16-22(29-2)25(31-4)23(17-21)30-3/h6-9,16-17H,5,10-15,18H2,1-4H3. The molecule has 0 atom stereocenters. The van der Waals surface area contributed by atoms with E-state index in [2.05, 4.69) is 36.1 Å². The van der Waals surface area contributed by atoms with Crippen molar-refractivity contribution < 1.29 is 19.0 Å². The number of ether oxygens (including phenoxy) is 3. The van der Waals surface area contributed by atoms with Gasteiger partial charge in [0.15, 0.2) is 11.5 Å². The summed E-state index contributed by atoms with van der Waals surface area (Å²) in [7, 11) is 4.79. The summed E-state index contributed by atoms with van der Waals surface area (Å²) in [4.78, 5) is 17.3. The molecule has 3 rings (SSSR count). The van der Waals surface area contributed by atoms with Crippen LogP contribution in [0.25, 0.3) is 0 Å². The Bertz CT molecular complexity index is 841. The van der Waals surface area contributed by atoms with Gasteiger partial charge in [0.25, 0.3) is 0 Å². The molecule has 1 saturated heterocycles. The van der Waals surface area contributed by atoms with E-state index in [1.54, 1.807) is 21.3 Å². The number of nitrogens with zero attached hydrogens (tertiary/aromatic N) is 2. The molecule has 0 unspecified atom stereocenters. The lowest BCUT2D eigenvalue weighted by molar-refractivity contribution is -0.131. The van der Waals surface area contributed by atoms with Crippen molar-refractivity contribution in [3.63, 3.8) is 0 Å². The zero-order valence-electron chi connectivity index (χ0n) is 19.1. The molecule has 168 valence electrons. The Hall–Kier alpha value is -2.73. The minimum absolute atomic E-state index is 0.200. The van der Waals surface area contributed by atoms with Gasteiger partial charge in [0, 0.05) is 39.1 Å². The van der Waals surface area contributed by atoms with Crippen LogP contribution in [-0.4, -0.2) is 63.2 Å². The molecule has 1 aliphatic rings. The smallest absolute Gasteiger partial charge is 0.222 e. The minimum Gasteiger partial charge on any atom is -0.493 e. The average molecular weight is 427 g/mol. The summed E-state index contributed by atoms with van der Waals surface area (Å²) in [5.74, 6) is 2.00. The number of amides is 1. The highest BCUT2D eigenvalue weighted by Crippen LogP contribution is 2.38. The van der Waals surface area contributed by atoms with Crippen LogP contribution in [0, 0.1) is 6.92 Å². The summed E-state index contributed by atoms with van der Waals surface area (Å²) in [6, 6.07) is 12.5. The third kappa shape index (κ3) is 6.14. The van der Waals surface area contributed by atoms with Gasteiger partial charge in [-0.05, 0) is 43.0 Å². The molecule has 6 nitrogen and oxygen atoms in total. The monoisotopic (exact) mass is 426 g/mol. The molecule has 0 radical (unpaired) electrons. The maximum absolute atomic E-state index is 12.9. The SMILES string of the molecule is COc1cc(CCC(=O)N2CCCN(Cc3ccc(C)cc3)CC2)cc(OC)c1OC. The van der Waals surface area contributed by atoms with E-state index < -0.39 is 0 Å². The number of rotatable bonds is 8. The Labute approximate surface area is 185 Å². The van der Waals surface area contributed by atoms with Crippen molar-refractivity contribution in [3.05, 3.63) is 53.1 Å². The molecule has 0 spiro atoms. The van der Waals surface area contributed by atoms with Gasteiger partial charge in [-0.3, -0.25) is 9.69 Å². The fourth-order valence-corrected chi connectivity index (χ4v) is 4.02. The molecule has 1 fully saturated rings. The van der Waals surface area contributed by atoms with Gasteiger partial charge >= 0.3 is 0 Å². The van der Waals surface area contributed by atoms with E-state index in [0.717, 1.165) is 44.7 Å². The van der Waals surface area contributed by atoms with Crippen LogP contribution < -0.4 is 14.2 Å². The molecule has 2 aromatic rings. The summed E-state index contributed by atoms with van der Waals surface area (Å²) in [6.45, 7) is 6.57. The van der Waals surface area contributed by atoms with Crippen molar-refractivity contribution in [1.82, 2.24) is 9.80 Å². The second-order valence-electron chi connectivity index (χ2n) is 8.03. The third-order valence-electron chi connectivity index (χ3n) is 5.82. The predicted octanol–water partition coefficient (Wildman–Crippen LogP) is 3.69. The van der Waals surface area contributed by atoms with Crippen LogP contribution in [0.3, 0.4) is 0 Å². The molecule has 1 aliphatic heterocycles. The van der Waals surface area contributed by atoms with Crippen molar-refractivity contribution in [1.29, 1.82) is 0 Å². The molecule has 2 aromatic carbocycles. The number of aryl methyl sites for hydroxylation is 2. The van der Waals surface area contributed by atoms with E-state index in [4.69, 9.17) is 14.2 Å². The Morgan fingerprint density at radius 1 is 0.871 bits per heavy atom. The van der Waals surface area contributed by atoms with E-state index in [1.807, 2.05) is 17.0 Å². The zero-order valence-corrected chi connectivity index (χ0v) is 19.1. The molecule has 0 N–H and O–H groups in total. The Balaban J connectivity index is 1.54. The Morgan fingerprint density at radius 2 is 1.55 bits per heavy atom. The van der Waals surface area contributed by atoms with Gasteiger partial charge in [0.1, 0.15) is 0 Å². The van der Waals surface area contributed by atoms with Crippen molar-refractivity contribution in [2.24, 2.45) is 0 Å². The quantitative estimate of drug-likeness (QED) is 0.644. The minimum atomic E-state index is 0.200. The first-order chi connectivity index (χ1) is 15.0. The number of carbonyl (C=O) groups excluding carboxylic acids is 1. The Kier molecular flexibility index (Phi) is 8.18. The van der Waals surface area contributed by atoms with Gasteiger partial charge in [0.05, 0.1) is 21.3 Å². The van der Waals surface area contributed by atoms with Gasteiger partial charge in [-0.15, -0.1) is 0 Å². The first-order valence-electron chi connectivity index (χ1n) is 10.9. The van der Waals surface area contributed by atoms with Crippen LogP contribution in [0.5, 0.6) is 17.2 Å². The molecule has 0 aliphatic carbocycles. The number of hydrogen-bond acceptors (Lipinski definition) is 5. The molecule has 0 saturated carbocycles. The summed E-state index contributed by atoms with van der Waals surface area (Å²) < 4.78 is 16.2. The van der Waals surface area contributed by atoms with Gasteiger partial charge < -0.3 is 19.1 Å². The van der Waals surface area contributed by atoms with Crippen LogP contribution in [-0.2, 0) is 17.8 Å². The summed E-state index contributed by atoms with van der Waals surface area (Å²) >= 11 is 0. The highest BCUT2D eigenvalue weighted by atomic mass is 16.5. The van der Waals surface area contributed by atoms with E-state index in [9.17, 15) is 4.79 Å². The van der Waals surface area contributed by atoms with E-state index in [-0.39, 0.29) is 5.91 Å². The van der Waals surface area contributed by atoms with Crippen molar-refractivity contribution in [2.75, 3.05) is 47.5 Å². The predicted molar refractivity (Wildman–Crippen MR) is 122 cm³/mol. The van der Waals surface area contributed by atoms with Gasteiger partial charge in [-0.25, -0.2) is 0 Å². The van der Waals surface area contributed by atoms with Crippen molar-refractivity contribution >= 4 is 5.91 Å². The molecule has 0 aromatic heterocycles. The molecular weight excluding hydrogens is 392 g/mol. The first kappa shape index (κ1) is 22.9. The fourth-order valence-electron chi connectivity index (χ4n) is 4.02. The number of benzene rings is 2. The molecular formula is C25H34N2O4. The van der Waals surface area contributed by atoms with E-state index in [1.165, 1.54) is 11.1 Å². The lowest BCUT2D eigenvalue weighted by Gasteiger charge is -2.22. The first-order valence-corrected chi connectivity index (χ1v) is 10.9. The lowest BCUT2D eigenvalue weighted by Crippen LogP contribution is -2.35. The van der Waals surface area contributed by atoms with Crippen LogP contribution in [0.4, 0.5) is 0 Å². The van der Waals surface area contributed by atoms with Crippen molar-refractivity contribution in [2.45, 2.75) is 32.7 Å². The van der Waals surface area contributed by atoms with Gasteiger partial charge in [-0.2, -0.15) is 0 Å². The zero-order chi connectivity index (χ0) is 22.2. The maximum Gasteiger partial charge on any atom is 0.222 e. The van der Waals surface area contributed by atoms with E-state index >= 15 is 0 Å². The second-order valence-corrected chi connectivity index (χ2v) is 8.03. The Morgan fingerprint density at radius 3 is 2.16 bits per heavy atom. The normalized spacial score (nSPS) is 14.8. The molecule has 1 heterocycles. The number of carbonyl (C=O) groups is 1. The summed E-state index contributed by atoms with van der Waals surface area (Å²) in [6.07, 6.45) is 2.11. The molecule has 0 bridgehead atoms. The van der Waals surface area contributed by atoms with Crippen LogP contribution in [0.15, 0.2) is 36.4 Å². The molecule has 1 amide bonds. The van der Waals surface area contributed by atoms with Gasteiger partial charge in [0.2, 0.25) is 11.7 Å². The van der Waals surface area contributed by atoms with Crippen LogP contribution in [0.1, 0.15) is 29.5 Å². The third-order valence-corrected chi connectivity index (χ3v) is 5.82. The highest BCUT2D eigenvalue weighted by Gasteiger charge is 2.20. The largest absolute Gasteiger partial charge is 0.493 e. The van der Waals surface area contributed by atoms with Gasteiger partial charge in [-0.1, -0.05) is 29.8 Å². The highest BCUT2D eigenvalue weighted by molar-refractivity contribution is 5.76. The topological polar surface area (TPSA) is 51.2 Å². The summed E-state index contributed by atoms with van der Waals surface area (Å²) in [5.41, 5.74) is 3.61. The molecule has 31 heavy (non-hydrogen) atoms. The van der Waals surface area contributed by atoms with Crippen LogP contribution in [0.2, 0.25) is 0 Å². The molecule has 6 heteroatoms. The van der Waals surface area contributed by atoms with Crippen LogP contribution >= 0.6 is 0 Å². The second kappa shape index (κ2) is 11.0. The average Bonchev–Trinajstić information content (AvgIpc) is 3.03. The number of methoxy groups -OCH3 is 3. The maximum atomic E-state index is 12.9. The lowest BCUT2D eigenvalue weighted by atomic mass is 10.1. The van der Waals surface area contributed by atoms with E-state index in [0.29, 0.717) is 30.1 Å². The van der Waals surface area contributed by atoms with Crippen molar-refractivity contribution in [3.8, 4) is 17.2 Å².